The van der Waals surface area contributed by atoms with Gasteiger partial charge in [0.1, 0.15) is 5.60 Å². The number of carbonyl (C=O) groups is 1. The minimum Gasteiger partial charge on any atom is -0.460 e. The van der Waals surface area contributed by atoms with Crippen molar-refractivity contribution in [1.82, 2.24) is 20.6 Å². The maximum absolute atomic E-state index is 12.1. The van der Waals surface area contributed by atoms with E-state index < -0.39 is 5.60 Å². The Hall–Kier alpha value is -1.76. The predicted molar refractivity (Wildman–Crippen MR) is 85.2 cm³/mol. The maximum atomic E-state index is 12.1. The molecule has 0 saturated heterocycles. The fraction of sp³-hybridized carbons (Fsp3) is 0.467. The fourth-order valence-corrected chi connectivity index (χ4v) is 2.36. The molecule has 7 heteroatoms. The van der Waals surface area contributed by atoms with Crippen LogP contribution in [-0.4, -0.2) is 32.2 Å². The van der Waals surface area contributed by atoms with Gasteiger partial charge in [-0.1, -0.05) is 28.1 Å². The highest BCUT2D eigenvalue weighted by atomic mass is 79.9. The summed E-state index contributed by atoms with van der Waals surface area (Å²) in [7, 11) is 0. The third kappa shape index (κ3) is 5.22. The molecule has 2 rings (SSSR count). The van der Waals surface area contributed by atoms with Gasteiger partial charge in [-0.3, -0.25) is 4.79 Å². The van der Waals surface area contributed by atoms with E-state index in [0.29, 0.717) is 12.2 Å². The number of benzene rings is 1. The monoisotopic (exact) mass is 366 g/mol. The van der Waals surface area contributed by atoms with E-state index in [1.165, 1.54) is 0 Å². The summed E-state index contributed by atoms with van der Waals surface area (Å²) in [6.45, 7) is 5.56. The van der Waals surface area contributed by atoms with Crippen molar-refractivity contribution in [3.8, 4) is 0 Å². The van der Waals surface area contributed by atoms with Crippen molar-refractivity contribution < 1.29 is 9.53 Å². The van der Waals surface area contributed by atoms with Gasteiger partial charge >= 0.3 is 5.97 Å². The number of hydrogen-bond acceptors (Lipinski definition) is 5. The SMILES string of the molecule is CC(C)(C)OC(=O)C[C@@H](Cc1ccc(Br)cc1)c1nnn[nH]1. The van der Waals surface area contributed by atoms with E-state index in [1.54, 1.807) is 0 Å². The third-order valence-corrected chi connectivity index (χ3v) is 3.51. The number of carbonyl (C=O) groups excluding carboxylic acids is 1. The lowest BCUT2D eigenvalue weighted by molar-refractivity contribution is -0.155. The number of halogens is 1. The summed E-state index contributed by atoms with van der Waals surface area (Å²) in [5.41, 5.74) is 0.604. The van der Waals surface area contributed by atoms with Gasteiger partial charge in [-0.15, -0.1) is 5.10 Å². The molecule has 1 N–H and O–H groups in total. The standard InChI is InChI=1S/C15H19BrN4O2/c1-15(2,3)22-13(21)9-11(14-17-19-20-18-14)8-10-4-6-12(16)7-5-10/h4-7,11H,8-9H2,1-3H3,(H,17,18,19,20)/t11-/m1/s1. The van der Waals surface area contributed by atoms with E-state index in [9.17, 15) is 4.79 Å². The molecule has 0 aliphatic heterocycles. The predicted octanol–water partition coefficient (Wildman–Crippen LogP) is 3.02. The molecule has 0 saturated carbocycles. The molecule has 118 valence electrons. The molecule has 0 bridgehead atoms. The van der Waals surface area contributed by atoms with Crippen LogP contribution in [0.2, 0.25) is 0 Å². The number of H-pyrrole nitrogens is 1. The lowest BCUT2D eigenvalue weighted by Crippen LogP contribution is -2.25. The van der Waals surface area contributed by atoms with Crippen LogP contribution in [0.1, 0.15) is 44.5 Å². The Morgan fingerprint density at radius 1 is 1.32 bits per heavy atom. The van der Waals surface area contributed by atoms with E-state index in [-0.39, 0.29) is 18.3 Å². The minimum absolute atomic E-state index is 0.147. The first-order chi connectivity index (χ1) is 10.3. The molecule has 0 aliphatic rings. The first kappa shape index (κ1) is 16.6. The fourth-order valence-electron chi connectivity index (χ4n) is 2.09. The molecule has 0 aliphatic carbocycles. The Morgan fingerprint density at radius 2 is 2.00 bits per heavy atom. The molecule has 6 nitrogen and oxygen atoms in total. The topological polar surface area (TPSA) is 80.8 Å². The summed E-state index contributed by atoms with van der Waals surface area (Å²) >= 11 is 3.41. The highest BCUT2D eigenvalue weighted by Crippen LogP contribution is 2.23. The van der Waals surface area contributed by atoms with Crippen molar-refractivity contribution in [3.63, 3.8) is 0 Å². The molecular weight excluding hydrogens is 348 g/mol. The van der Waals surface area contributed by atoms with Crippen molar-refractivity contribution in [2.45, 2.75) is 45.1 Å². The number of nitrogens with zero attached hydrogens (tertiary/aromatic N) is 3. The molecule has 1 aromatic carbocycles. The van der Waals surface area contributed by atoms with Crippen LogP contribution >= 0.6 is 15.9 Å². The van der Waals surface area contributed by atoms with Crippen LogP contribution in [0.3, 0.4) is 0 Å². The Labute approximate surface area is 137 Å². The summed E-state index contributed by atoms with van der Waals surface area (Å²) in [4.78, 5) is 12.1. The van der Waals surface area contributed by atoms with Gasteiger partial charge < -0.3 is 4.74 Å². The number of esters is 1. The van der Waals surface area contributed by atoms with Gasteiger partial charge in [0.05, 0.1) is 6.42 Å². The van der Waals surface area contributed by atoms with Crippen molar-refractivity contribution in [2.24, 2.45) is 0 Å². The van der Waals surface area contributed by atoms with Gasteiger partial charge in [0.2, 0.25) is 0 Å². The van der Waals surface area contributed by atoms with Crippen LogP contribution in [-0.2, 0) is 16.0 Å². The summed E-state index contributed by atoms with van der Waals surface area (Å²) in [5, 5.41) is 13.9. The van der Waals surface area contributed by atoms with Crippen molar-refractivity contribution in [3.05, 3.63) is 40.1 Å². The highest BCUT2D eigenvalue weighted by Gasteiger charge is 2.24. The first-order valence-corrected chi connectivity index (χ1v) is 7.83. The second-order valence-corrected chi connectivity index (χ2v) is 7.02. The number of aromatic amines is 1. The molecule has 1 heterocycles. The summed E-state index contributed by atoms with van der Waals surface area (Å²) in [6.07, 6.45) is 0.883. The zero-order chi connectivity index (χ0) is 16.2. The Balaban J connectivity index is 2.10. The number of aromatic nitrogens is 4. The molecule has 0 radical (unpaired) electrons. The smallest absolute Gasteiger partial charge is 0.307 e. The van der Waals surface area contributed by atoms with Gasteiger partial charge in [-0.05, 0) is 55.3 Å². The molecule has 2 aromatic rings. The highest BCUT2D eigenvalue weighted by molar-refractivity contribution is 9.10. The number of tetrazole rings is 1. The van der Waals surface area contributed by atoms with Crippen LogP contribution < -0.4 is 0 Å². The molecule has 1 aromatic heterocycles. The van der Waals surface area contributed by atoms with Crippen LogP contribution in [0.5, 0.6) is 0 Å². The number of ether oxygens (including phenoxy) is 1. The average Bonchev–Trinajstić information content (AvgIpc) is 2.92. The second-order valence-electron chi connectivity index (χ2n) is 6.10. The number of hydrogen-bond donors (Lipinski definition) is 1. The average molecular weight is 367 g/mol. The quantitative estimate of drug-likeness (QED) is 0.822. The van der Waals surface area contributed by atoms with Gasteiger partial charge in [-0.25, -0.2) is 5.10 Å². The maximum Gasteiger partial charge on any atom is 0.307 e. The summed E-state index contributed by atoms with van der Waals surface area (Å²) in [5.74, 6) is 0.186. The van der Waals surface area contributed by atoms with Gasteiger partial charge in [-0.2, -0.15) is 0 Å². The zero-order valence-corrected chi connectivity index (χ0v) is 14.4. The van der Waals surface area contributed by atoms with Crippen LogP contribution in [0.4, 0.5) is 0 Å². The lowest BCUT2D eigenvalue weighted by atomic mass is 9.95. The third-order valence-electron chi connectivity index (χ3n) is 2.98. The number of nitrogens with one attached hydrogen (secondary N) is 1. The van der Waals surface area contributed by atoms with Gasteiger partial charge in [0, 0.05) is 10.4 Å². The zero-order valence-electron chi connectivity index (χ0n) is 12.8. The minimum atomic E-state index is -0.501. The Kier molecular flexibility index (Phi) is 5.28. The molecule has 0 fully saturated rings. The second kappa shape index (κ2) is 7.00. The lowest BCUT2D eigenvalue weighted by Gasteiger charge is -2.21. The molecule has 0 amide bonds. The van der Waals surface area contributed by atoms with E-state index in [0.717, 1.165) is 10.0 Å². The van der Waals surface area contributed by atoms with Crippen LogP contribution in [0.15, 0.2) is 28.7 Å². The first-order valence-electron chi connectivity index (χ1n) is 7.03. The molecule has 0 spiro atoms. The van der Waals surface area contributed by atoms with Crippen molar-refractivity contribution >= 4 is 21.9 Å². The van der Waals surface area contributed by atoms with Gasteiger partial charge in [0.25, 0.3) is 0 Å². The van der Waals surface area contributed by atoms with Crippen LogP contribution in [0, 0.1) is 0 Å². The van der Waals surface area contributed by atoms with Crippen molar-refractivity contribution in [1.29, 1.82) is 0 Å². The summed E-state index contributed by atoms with van der Waals surface area (Å²) < 4.78 is 6.41. The Morgan fingerprint density at radius 3 is 2.55 bits per heavy atom. The van der Waals surface area contributed by atoms with E-state index in [4.69, 9.17) is 4.74 Å². The number of rotatable bonds is 5. The Bertz CT molecular complexity index is 605. The van der Waals surface area contributed by atoms with E-state index in [1.807, 2.05) is 45.0 Å². The van der Waals surface area contributed by atoms with E-state index in [2.05, 4.69) is 36.6 Å². The molecule has 22 heavy (non-hydrogen) atoms. The normalized spacial score (nSPS) is 12.9. The van der Waals surface area contributed by atoms with Crippen molar-refractivity contribution in [2.75, 3.05) is 0 Å². The van der Waals surface area contributed by atoms with E-state index >= 15 is 0 Å². The van der Waals surface area contributed by atoms with Gasteiger partial charge in [0.15, 0.2) is 5.82 Å². The molecule has 1 atom stereocenters. The van der Waals surface area contributed by atoms with Crippen LogP contribution in [0.25, 0.3) is 0 Å². The molecular formula is C15H19BrN4O2. The summed E-state index contributed by atoms with van der Waals surface area (Å²) in [6, 6.07) is 7.96. The molecule has 0 unspecified atom stereocenters. The largest absolute Gasteiger partial charge is 0.460 e.